The average Bonchev–Trinajstić information content (AvgIpc) is 2.83. The van der Waals surface area contributed by atoms with E-state index >= 15 is 0 Å². The lowest BCUT2D eigenvalue weighted by molar-refractivity contribution is 0.191. The Morgan fingerprint density at radius 2 is 2.21 bits per heavy atom. The third-order valence-electron chi connectivity index (χ3n) is 2.77. The highest BCUT2D eigenvalue weighted by atomic mass is 35.5. The summed E-state index contributed by atoms with van der Waals surface area (Å²) >= 11 is 6.17. The summed E-state index contributed by atoms with van der Waals surface area (Å²) in [5.74, 6) is 0.598. The van der Waals surface area contributed by atoms with E-state index < -0.39 is 0 Å². The third-order valence-corrected chi connectivity index (χ3v) is 3.08. The smallest absolute Gasteiger partial charge is 0.185 e. The molecule has 0 amide bonds. The molecule has 6 nitrogen and oxygen atoms in total. The van der Waals surface area contributed by atoms with Crippen LogP contribution in [0.5, 0.6) is 0 Å². The zero-order valence-corrected chi connectivity index (χ0v) is 11.5. The van der Waals surface area contributed by atoms with Crippen molar-refractivity contribution in [1.82, 2.24) is 20.2 Å². The van der Waals surface area contributed by atoms with Crippen molar-refractivity contribution < 1.29 is 4.74 Å². The number of anilines is 1. The molecule has 1 aromatic heterocycles. The van der Waals surface area contributed by atoms with E-state index in [0.29, 0.717) is 28.6 Å². The quantitative estimate of drug-likeness (QED) is 0.647. The van der Waals surface area contributed by atoms with Gasteiger partial charge < -0.3 is 10.5 Å². The zero-order chi connectivity index (χ0) is 13.7. The van der Waals surface area contributed by atoms with E-state index in [1.165, 1.54) is 0 Å². The minimum atomic E-state index is 0.549. The summed E-state index contributed by atoms with van der Waals surface area (Å²) in [7, 11) is 1.69. The Kier molecular flexibility index (Phi) is 4.70. The van der Waals surface area contributed by atoms with Gasteiger partial charge in [-0.3, -0.25) is 0 Å². The molecular weight excluding hydrogens is 266 g/mol. The van der Waals surface area contributed by atoms with Crippen molar-refractivity contribution in [3.8, 4) is 11.4 Å². The molecule has 0 spiro atoms. The summed E-state index contributed by atoms with van der Waals surface area (Å²) in [6, 6.07) is 5.36. The Morgan fingerprint density at radius 3 is 2.95 bits per heavy atom. The van der Waals surface area contributed by atoms with Gasteiger partial charge in [0.25, 0.3) is 0 Å². The fraction of sp³-hybridized carbons (Fsp3) is 0.417. The molecule has 1 aromatic carbocycles. The Bertz CT molecular complexity index is 522. The second-order valence-electron chi connectivity index (χ2n) is 4.13. The van der Waals surface area contributed by atoms with Gasteiger partial charge in [-0.1, -0.05) is 17.7 Å². The second kappa shape index (κ2) is 6.49. The molecule has 0 saturated carbocycles. The molecule has 0 bridgehead atoms. The Morgan fingerprint density at radius 1 is 1.37 bits per heavy atom. The standard InChI is InChI=1S/C12H16ClN5O/c1-19-8-3-2-7-18-12(15-16-17-18)11-9(13)5-4-6-10(11)14/h4-6H,2-3,7-8,14H2,1H3. The monoisotopic (exact) mass is 281 g/mol. The molecule has 2 N–H and O–H groups in total. The van der Waals surface area contributed by atoms with E-state index in [9.17, 15) is 0 Å². The summed E-state index contributed by atoms with van der Waals surface area (Å²) in [4.78, 5) is 0. The van der Waals surface area contributed by atoms with Crippen molar-refractivity contribution in [2.24, 2.45) is 0 Å². The van der Waals surface area contributed by atoms with E-state index in [0.717, 1.165) is 19.4 Å². The predicted molar refractivity (Wildman–Crippen MR) is 73.8 cm³/mol. The van der Waals surface area contributed by atoms with Gasteiger partial charge in [0.15, 0.2) is 5.82 Å². The molecule has 0 fully saturated rings. The van der Waals surface area contributed by atoms with Crippen LogP contribution in [0.4, 0.5) is 5.69 Å². The number of aromatic nitrogens is 4. The van der Waals surface area contributed by atoms with E-state index in [-0.39, 0.29) is 0 Å². The number of aryl methyl sites for hydroxylation is 1. The van der Waals surface area contributed by atoms with Crippen LogP contribution in [0.1, 0.15) is 12.8 Å². The van der Waals surface area contributed by atoms with E-state index in [1.54, 1.807) is 30.0 Å². The summed E-state index contributed by atoms with van der Waals surface area (Å²) in [6.45, 7) is 1.43. The molecule has 0 radical (unpaired) electrons. The second-order valence-corrected chi connectivity index (χ2v) is 4.54. The first kappa shape index (κ1) is 13.8. The number of ether oxygens (including phenoxy) is 1. The number of nitrogens with two attached hydrogens (primary N) is 1. The van der Waals surface area contributed by atoms with E-state index in [1.807, 2.05) is 0 Å². The number of nitrogen functional groups attached to an aromatic ring is 1. The molecule has 7 heteroatoms. The van der Waals surface area contributed by atoms with Crippen LogP contribution in [0.15, 0.2) is 18.2 Å². The van der Waals surface area contributed by atoms with Crippen LogP contribution in [-0.2, 0) is 11.3 Å². The van der Waals surface area contributed by atoms with Crippen molar-refractivity contribution in [1.29, 1.82) is 0 Å². The van der Waals surface area contributed by atoms with Crippen LogP contribution < -0.4 is 5.73 Å². The lowest BCUT2D eigenvalue weighted by Crippen LogP contribution is -2.05. The Balaban J connectivity index is 2.19. The number of unbranched alkanes of at least 4 members (excludes halogenated alkanes) is 1. The van der Waals surface area contributed by atoms with Gasteiger partial charge in [0, 0.05) is 25.9 Å². The first-order valence-corrected chi connectivity index (χ1v) is 6.41. The summed E-state index contributed by atoms with van der Waals surface area (Å²) < 4.78 is 6.73. The maximum atomic E-state index is 6.17. The van der Waals surface area contributed by atoms with Gasteiger partial charge in [-0.2, -0.15) is 0 Å². The maximum Gasteiger partial charge on any atom is 0.185 e. The number of hydrogen-bond acceptors (Lipinski definition) is 5. The van der Waals surface area contributed by atoms with Gasteiger partial charge in [-0.05, 0) is 35.4 Å². The van der Waals surface area contributed by atoms with Gasteiger partial charge in [0.1, 0.15) is 0 Å². The van der Waals surface area contributed by atoms with E-state index in [2.05, 4.69) is 15.5 Å². The third kappa shape index (κ3) is 3.21. The largest absolute Gasteiger partial charge is 0.398 e. The SMILES string of the molecule is COCCCCn1nnnc1-c1c(N)cccc1Cl. The Labute approximate surface area is 116 Å². The first-order chi connectivity index (χ1) is 9.24. The normalized spacial score (nSPS) is 10.8. The van der Waals surface area contributed by atoms with Crippen LogP contribution >= 0.6 is 11.6 Å². The van der Waals surface area contributed by atoms with Crippen molar-refractivity contribution in [2.75, 3.05) is 19.5 Å². The van der Waals surface area contributed by atoms with Crippen molar-refractivity contribution in [3.63, 3.8) is 0 Å². The molecule has 0 aliphatic rings. The molecule has 2 aromatic rings. The lowest BCUT2D eigenvalue weighted by Gasteiger charge is -2.08. The van der Waals surface area contributed by atoms with Crippen molar-refractivity contribution >= 4 is 17.3 Å². The van der Waals surface area contributed by atoms with Gasteiger partial charge in [-0.15, -0.1) is 5.10 Å². The highest BCUT2D eigenvalue weighted by Crippen LogP contribution is 2.31. The summed E-state index contributed by atoms with van der Waals surface area (Å²) in [5.41, 5.74) is 7.20. The van der Waals surface area contributed by atoms with Crippen LogP contribution in [0, 0.1) is 0 Å². The zero-order valence-electron chi connectivity index (χ0n) is 10.7. The minimum absolute atomic E-state index is 0.549. The Hall–Kier alpha value is -1.66. The maximum absolute atomic E-state index is 6.17. The topological polar surface area (TPSA) is 78.8 Å². The molecule has 19 heavy (non-hydrogen) atoms. The van der Waals surface area contributed by atoms with Crippen LogP contribution in [0.2, 0.25) is 5.02 Å². The van der Waals surface area contributed by atoms with Gasteiger partial charge in [0.2, 0.25) is 0 Å². The number of methoxy groups -OCH3 is 1. The summed E-state index contributed by atoms with van der Waals surface area (Å²) in [5, 5.41) is 12.2. The molecule has 0 atom stereocenters. The molecular formula is C12H16ClN5O. The molecule has 2 rings (SSSR count). The van der Waals surface area contributed by atoms with Crippen molar-refractivity contribution in [2.45, 2.75) is 19.4 Å². The fourth-order valence-electron chi connectivity index (χ4n) is 1.82. The average molecular weight is 282 g/mol. The number of rotatable bonds is 6. The van der Waals surface area contributed by atoms with Crippen LogP contribution in [-0.4, -0.2) is 33.9 Å². The van der Waals surface area contributed by atoms with Gasteiger partial charge in [-0.25, -0.2) is 4.68 Å². The molecule has 102 valence electrons. The number of halogens is 1. The van der Waals surface area contributed by atoms with Crippen molar-refractivity contribution in [3.05, 3.63) is 23.2 Å². The number of hydrogen-bond donors (Lipinski definition) is 1. The number of tetrazole rings is 1. The molecule has 0 saturated heterocycles. The molecule has 0 aliphatic carbocycles. The number of benzene rings is 1. The van der Waals surface area contributed by atoms with Crippen LogP contribution in [0.25, 0.3) is 11.4 Å². The van der Waals surface area contributed by atoms with Gasteiger partial charge >= 0.3 is 0 Å². The lowest BCUT2D eigenvalue weighted by atomic mass is 10.1. The molecule has 0 aliphatic heterocycles. The fourth-order valence-corrected chi connectivity index (χ4v) is 2.09. The minimum Gasteiger partial charge on any atom is -0.398 e. The van der Waals surface area contributed by atoms with Gasteiger partial charge in [0.05, 0.1) is 10.6 Å². The molecule has 1 heterocycles. The molecule has 0 unspecified atom stereocenters. The predicted octanol–water partition coefficient (Wildman–Crippen LogP) is 2.00. The van der Waals surface area contributed by atoms with Crippen LogP contribution in [0.3, 0.4) is 0 Å². The first-order valence-electron chi connectivity index (χ1n) is 6.03. The van der Waals surface area contributed by atoms with E-state index in [4.69, 9.17) is 22.1 Å². The highest BCUT2D eigenvalue weighted by molar-refractivity contribution is 6.33. The number of nitrogens with zero attached hydrogens (tertiary/aromatic N) is 4. The summed E-state index contributed by atoms with van der Waals surface area (Å²) in [6.07, 6.45) is 1.88. The highest BCUT2D eigenvalue weighted by Gasteiger charge is 2.15.